The van der Waals surface area contributed by atoms with E-state index in [4.69, 9.17) is 10.5 Å². The first kappa shape index (κ1) is 25.3. The Balaban J connectivity index is 1.27. The van der Waals surface area contributed by atoms with E-state index in [9.17, 15) is 28.2 Å². The van der Waals surface area contributed by atoms with E-state index >= 15 is 0 Å². The van der Waals surface area contributed by atoms with Crippen molar-refractivity contribution in [2.24, 2.45) is 0 Å². The molecule has 0 aliphatic heterocycles. The number of amides is 1. The fourth-order valence-electron chi connectivity index (χ4n) is 4.32. The SMILES string of the molecule is Nc1cc(C(O)C(O)CCNC(=O)OCC2c3ccccc3-c3ccccc32)ccc1OC(F)(F)F. The molecule has 10 heteroatoms. The van der Waals surface area contributed by atoms with Gasteiger partial charge < -0.3 is 30.7 Å². The zero-order valence-corrected chi connectivity index (χ0v) is 19.0. The highest BCUT2D eigenvalue weighted by atomic mass is 19.4. The van der Waals surface area contributed by atoms with Crippen LogP contribution in [0.15, 0.2) is 66.7 Å². The van der Waals surface area contributed by atoms with Gasteiger partial charge in [0.15, 0.2) is 5.75 Å². The van der Waals surface area contributed by atoms with Crippen molar-refractivity contribution in [3.05, 3.63) is 83.4 Å². The minimum Gasteiger partial charge on any atom is -0.449 e. The predicted molar refractivity (Wildman–Crippen MR) is 126 cm³/mol. The number of fused-ring (bicyclic) bond motifs is 3. The van der Waals surface area contributed by atoms with Gasteiger partial charge in [0.25, 0.3) is 0 Å². The minimum atomic E-state index is -4.90. The first-order valence-electron chi connectivity index (χ1n) is 11.2. The number of aliphatic hydroxyl groups is 2. The smallest absolute Gasteiger partial charge is 0.449 e. The molecule has 36 heavy (non-hydrogen) atoms. The Labute approximate surface area is 205 Å². The van der Waals surface area contributed by atoms with Gasteiger partial charge in [0.05, 0.1) is 11.8 Å². The summed E-state index contributed by atoms with van der Waals surface area (Å²) in [7, 11) is 0. The van der Waals surface area contributed by atoms with Crippen molar-refractivity contribution in [2.45, 2.75) is 30.9 Å². The van der Waals surface area contributed by atoms with Crippen LogP contribution in [0, 0.1) is 0 Å². The number of nitrogen functional groups attached to an aromatic ring is 1. The van der Waals surface area contributed by atoms with Crippen LogP contribution in [0.5, 0.6) is 5.75 Å². The standard InChI is InChI=1S/C26H25F3N2O5/c27-26(28,29)36-23-10-9-15(13-21(23)30)24(33)22(32)11-12-31-25(34)35-14-20-18-7-3-1-5-16(18)17-6-2-4-8-19(17)20/h1-10,13,20,22,24,32-33H,11-12,14,30H2,(H,31,34). The number of rotatable bonds is 8. The molecule has 3 aromatic carbocycles. The monoisotopic (exact) mass is 502 g/mol. The van der Waals surface area contributed by atoms with Crippen LogP contribution < -0.4 is 15.8 Å². The summed E-state index contributed by atoms with van der Waals surface area (Å²) >= 11 is 0. The Bertz CT molecular complexity index is 1190. The number of hydrogen-bond acceptors (Lipinski definition) is 6. The first-order chi connectivity index (χ1) is 17.1. The first-order valence-corrected chi connectivity index (χ1v) is 11.2. The maximum Gasteiger partial charge on any atom is 0.573 e. The summed E-state index contributed by atoms with van der Waals surface area (Å²) in [5, 5.41) is 23.1. The predicted octanol–water partition coefficient (Wildman–Crippen LogP) is 4.49. The fourth-order valence-corrected chi connectivity index (χ4v) is 4.32. The molecule has 0 bridgehead atoms. The van der Waals surface area contributed by atoms with Gasteiger partial charge in [-0.05, 0) is 46.4 Å². The van der Waals surface area contributed by atoms with Crippen LogP contribution >= 0.6 is 0 Å². The number of ether oxygens (including phenoxy) is 2. The average Bonchev–Trinajstić information content (AvgIpc) is 3.16. The largest absolute Gasteiger partial charge is 0.573 e. The van der Waals surface area contributed by atoms with Gasteiger partial charge in [-0.15, -0.1) is 13.2 Å². The van der Waals surface area contributed by atoms with E-state index in [0.717, 1.165) is 34.4 Å². The van der Waals surface area contributed by atoms with E-state index in [0.29, 0.717) is 0 Å². The molecule has 0 aromatic heterocycles. The highest BCUT2D eigenvalue weighted by Gasteiger charge is 2.32. The summed E-state index contributed by atoms with van der Waals surface area (Å²) in [6.07, 6.45) is -8.36. The van der Waals surface area contributed by atoms with Crippen LogP contribution in [0.25, 0.3) is 11.1 Å². The van der Waals surface area contributed by atoms with Crippen molar-refractivity contribution in [1.29, 1.82) is 0 Å². The molecule has 0 saturated carbocycles. The molecular weight excluding hydrogens is 477 g/mol. The lowest BCUT2D eigenvalue weighted by molar-refractivity contribution is -0.274. The van der Waals surface area contributed by atoms with Crippen LogP contribution in [0.1, 0.15) is 35.1 Å². The number of aliphatic hydroxyl groups excluding tert-OH is 2. The normalized spacial score (nSPS) is 14.5. The molecule has 0 fully saturated rings. The number of alkyl carbamates (subject to hydrolysis) is 1. The molecule has 2 atom stereocenters. The highest BCUT2D eigenvalue weighted by Crippen LogP contribution is 2.44. The van der Waals surface area contributed by atoms with E-state index in [1.165, 1.54) is 6.07 Å². The van der Waals surface area contributed by atoms with Gasteiger partial charge in [-0.25, -0.2) is 4.79 Å². The average molecular weight is 502 g/mol. The lowest BCUT2D eigenvalue weighted by atomic mass is 9.98. The van der Waals surface area contributed by atoms with E-state index in [1.54, 1.807) is 0 Å². The Morgan fingerprint density at radius 3 is 2.19 bits per heavy atom. The molecule has 5 N–H and O–H groups in total. The van der Waals surface area contributed by atoms with E-state index in [2.05, 4.69) is 10.1 Å². The Hall–Kier alpha value is -3.76. The van der Waals surface area contributed by atoms with Crippen LogP contribution in [0.2, 0.25) is 0 Å². The molecule has 1 amide bonds. The molecule has 0 spiro atoms. The van der Waals surface area contributed by atoms with Gasteiger partial charge >= 0.3 is 12.5 Å². The van der Waals surface area contributed by atoms with Crippen LogP contribution in [-0.4, -0.2) is 41.9 Å². The Kier molecular flexibility index (Phi) is 7.37. The van der Waals surface area contributed by atoms with E-state index in [1.807, 2.05) is 48.5 Å². The maximum absolute atomic E-state index is 12.4. The molecule has 190 valence electrons. The number of alkyl halides is 3. The van der Waals surface area contributed by atoms with E-state index in [-0.39, 0.29) is 36.7 Å². The quantitative estimate of drug-likeness (QED) is 0.338. The van der Waals surface area contributed by atoms with Crippen LogP contribution in [0.3, 0.4) is 0 Å². The topological polar surface area (TPSA) is 114 Å². The third kappa shape index (κ3) is 5.72. The maximum atomic E-state index is 12.4. The van der Waals surface area contributed by atoms with Crippen molar-refractivity contribution in [3.63, 3.8) is 0 Å². The molecule has 0 saturated heterocycles. The number of carbonyl (C=O) groups is 1. The lowest BCUT2D eigenvalue weighted by Crippen LogP contribution is -2.30. The number of nitrogens with one attached hydrogen (secondary N) is 1. The number of anilines is 1. The molecule has 0 heterocycles. The highest BCUT2D eigenvalue weighted by molar-refractivity contribution is 5.79. The fraction of sp³-hybridized carbons (Fsp3) is 0.269. The van der Waals surface area contributed by atoms with Crippen LogP contribution in [-0.2, 0) is 4.74 Å². The molecule has 4 rings (SSSR count). The summed E-state index contributed by atoms with van der Waals surface area (Å²) in [6.45, 7) is 0.135. The molecule has 1 aliphatic carbocycles. The Morgan fingerprint density at radius 2 is 1.61 bits per heavy atom. The summed E-state index contributed by atoms with van der Waals surface area (Å²) in [5.74, 6) is -0.699. The van der Waals surface area contributed by atoms with Gasteiger partial charge in [-0.3, -0.25) is 0 Å². The molecule has 3 aromatic rings. The van der Waals surface area contributed by atoms with Gasteiger partial charge in [-0.1, -0.05) is 54.6 Å². The molecular formula is C26H25F3N2O5. The zero-order valence-electron chi connectivity index (χ0n) is 19.0. The number of hydrogen-bond donors (Lipinski definition) is 4. The van der Waals surface area contributed by atoms with Crippen molar-refractivity contribution >= 4 is 11.8 Å². The zero-order chi connectivity index (χ0) is 25.9. The molecule has 7 nitrogen and oxygen atoms in total. The second-order valence-corrected chi connectivity index (χ2v) is 8.40. The summed E-state index contributed by atoms with van der Waals surface area (Å²) in [4.78, 5) is 12.2. The lowest BCUT2D eigenvalue weighted by Gasteiger charge is -2.20. The van der Waals surface area contributed by atoms with Gasteiger partial charge in [0.1, 0.15) is 12.7 Å². The van der Waals surface area contributed by atoms with Crippen molar-refractivity contribution < 1.29 is 37.7 Å². The summed E-state index contributed by atoms with van der Waals surface area (Å²) < 4.78 is 46.3. The minimum absolute atomic E-state index is 0.000346. The van der Waals surface area contributed by atoms with Gasteiger partial charge in [-0.2, -0.15) is 0 Å². The molecule has 2 unspecified atom stereocenters. The van der Waals surface area contributed by atoms with Gasteiger partial charge in [0.2, 0.25) is 0 Å². The number of halogens is 3. The number of nitrogens with two attached hydrogens (primary N) is 1. The third-order valence-electron chi connectivity index (χ3n) is 6.02. The van der Waals surface area contributed by atoms with Crippen LogP contribution in [0.4, 0.5) is 23.7 Å². The molecule has 1 aliphatic rings. The number of carbonyl (C=O) groups excluding carboxylic acids is 1. The summed E-state index contributed by atoms with van der Waals surface area (Å²) in [6, 6.07) is 19.1. The van der Waals surface area contributed by atoms with Gasteiger partial charge in [0, 0.05) is 12.5 Å². The van der Waals surface area contributed by atoms with Crippen molar-refractivity contribution in [2.75, 3.05) is 18.9 Å². The summed E-state index contributed by atoms with van der Waals surface area (Å²) in [5.41, 5.74) is 9.70. The third-order valence-corrected chi connectivity index (χ3v) is 6.02. The number of benzene rings is 3. The van der Waals surface area contributed by atoms with Crippen molar-refractivity contribution in [1.82, 2.24) is 5.32 Å². The van der Waals surface area contributed by atoms with E-state index < -0.39 is 30.4 Å². The van der Waals surface area contributed by atoms with Crippen molar-refractivity contribution in [3.8, 4) is 16.9 Å². The second-order valence-electron chi connectivity index (χ2n) is 8.40. The molecule has 0 radical (unpaired) electrons. The second kappa shape index (κ2) is 10.5. The Morgan fingerprint density at radius 1 is 1.00 bits per heavy atom.